The van der Waals surface area contributed by atoms with E-state index in [1.54, 1.807) is 20.0 Å². The van der Waals surface area contributed by atoms with Gasteiger partial charge in [-0.05, 0) is 38.3 Å². The number of aromatic amines is 1. The first kappa shape index (κ1) is 29.5. The number of nitrogens with one attached hydrogen (secondary N) is 5. The molecule has 3 amide bonds. The molecule has 202 valence electrons. The summed E-state index contributed by atoms with van der Waals surface area (Å²) in [6, 6.07) is 3.85. The molecular weight excluding hydrogens is 482 g/mol. The highest BCUT2D eigenvalue weighted by Gasteiger charge is 2.30. The zero-order valence-corrected chi connectivity index (χ0v) is 21.1. The van der Waals surface area contributed by atoms with Crippen molar-refractivity contribution in [3.05, 3.63) is 36.0 Å². The van der Waals surface area contributed by atoms with E-state index >= 15 is 0 Å². The quantitative estimate of drug-likeness (QED) is 0.134. The molecule has 0 bridgehead atoms. The van der Waals surface area contributed by atoms with Crippen LogP contribution in [0.5, 0.6) is 0 Å². The monoisotopic (exact) mass is 517 g/mol. The Kier molecular flexibility index (Phi) is 11.2. The number of ether oxygens (including phenoxy) is 1. The van der Waals surface area contributed by atoms with Crippen molar-refractivity contribution in [2.45, 2.75) is 70.4 Å². The van der Waals surface area contributed by atoms with Gasteiger partial charge in [-0.25, -0.2) is 4.79 Å². The maximum absolute atomic E-state index is 13.2. The average Bonchev–Trinajstić information content (AvgIpc) is 3.26. The number of rotatable bonds is 14. The number of carbonyl (C=O) groups excluding carboxylic acids is 4. The molecule has 7 N–H and O–H groups in total. The fourth-order valence-electron chi connectivity index (χ4n) is 3.70. The van der Waals surface area contributed by atoms with Crippen molar-refractivity contribution in [1.82, 2.24) is 20.9 Å². The number of benzene rings is 1. The first-order valence-electron chi connectivity index (χ1n) is 12.0. The summed E-state index contributed by atoms with van der Waals surface area (Å²) in [7, 11) is 0. The lowest BCUT2D eigenvalue weighted by molar-refractivity contribution is -0.152. The van der Waals surface area contributed by atoms with Gasteiger partial charge in [0.2, 0.25) is 17.7 Å². The van der Waals surface area contributed by atoms with E-state index in [2.05, 4.69) is 20.9 Å². The highest BCUT2D eigenvalue weighted by Crippen LogP contribution is 2.19. The summed E-state index contributed by atoms with van der Waals surface area (Å²) in [5, 5.41) is 34.9. The SMILES string of the molecule is CC(=O)N[C@@H](Cc1c[nH]c2ccccc12)C(=O)N[C@@H](CCC(O)C=N)C(=O)N[C@@H](CO)C(=O)OC(C)C. The van der Waals surface area contributed by atoms with Crippen LogP contribution < -0.4 is 16.0 Å². The molecule has 12 nitrogen and oxygen atoms in total. The second-order valence-corrected chi connectivity index (χ2v) is 8.92. The van der Waals surface area contributed by atoms with Gasteiger partial charge in [0.15, 0.2) is 6.04 Å². The number of amides is 3. The van der Waals surface area contributed by atoms with Gasteiger partial charge in [-0.1, -0.05) is 18.2 Å². The van der Waals surface area contributed by atoms with E-state index in [0.717, 1.165) is 22.7 Å². The number of carbonyl (C=O) groups is 4. The Balaban J connectivity index is 2.22. The van der Waals surface area contributed by atoms with Crippen molar-refractivity contribution in [1.29, 1.82) is 5.41 Å². The topological polar surface area (TPSA) is 194 Å². The molecule has 0 aliphatic rings. The lowest BCUT2D eigenvalue weighted by atomic mass is 10.0. The second-order valence-electron chi connectivity index (χ2n) is 8.92. The molecule has 0 fully saturated rings. The van der Waals surface area contributed by atoms with Gasteiger partial charge < -0.3 is 41.3 Å². The smallest absolute Gasteiger partial charge is 0.331 e. The first-order chi connectivity index (χ1) is 17.5. The second kappa shape index (κ2) is 14.1. The summed E-state index contributed by atoms with van der Waals surface area (Å²) in [6.45, 7) is 3.78. The van der Waals surface area contributed by atoms with Crippen LogP contribution in [-0.2, 0) is 30.3 Å². The third kappa shape index (κ3) is 8.99. The standard InChI is InChI=1S/C25H35N5O7/c1-14(2)37-25(36)22(13-31)30-23(34)20(9-8-17(33)11-26)29-24(35)21(28-15(3)32)10-16-12-27-19-7-5-4-6-18(16)19/h4-7,11-12,14,17,20-22,26-27,31,33H,8-10,13H2,1-3H3,(H,28,32)(H,29,35)(H,30,34)/t17?,20-,21-,22-/m0/s1. The van der Waals surface area contributed by atoms with Gasteiger partial charge in [0, 0.05) is 36.7 Å². The predicted molar refractivity (Wildman–Crippen MR) is 136 cm³/mol. The number of hydrogen-bond acceptors (Lipinski definition) is 8. The largest absolute Gasteiger partial charge is 0.461 e. The number of aliphatic hydroxyl groups excluding tert-OH is 2. The summed E-state index contributed by atoms with van der Waals surface area (Å²) in [5.74, 6) is -2.74. The van der Waals surface area contributed by atoms with E-state index in [4.69, 9.17) is 10.1 Å². The zero-order valence-electron chi connectivity index (χ0n) is 21.1. The van der Waals surface area contributed by atoms with Gasteiger partial charge in [-0.2, -0.15) is 0 Å². The molecular formula is C25H35N5O7. The number of para-hydroxylation sites is 1. The number of H-pyrrole nitrogens is 1. The maximum Gasteiger partial charge on any atom is 0.331 e. The molecule has 37 heavy (non-hydrogen) atoms. The van der Waals surface area contributed by atoms with Crippen molar-refractivity contribution in [2.75, 3.05) is 6.61 Å². The number of aromatic nitrogens is 1. The Morgan fingerprint density at radius 3 is 2.30 bits per heavy atom. The molecule has 0 radical (unpaired) electrons. The highest BCUT2D eigenvalue weighted by molar-refractivity contribution is 5.94. The van der Waals surface area contributed by atoms with Crippen molar-refractivity contribution >= 4 is 40.8 Å². The van der Waals surface area contributed by atoms with Crippen LogP contribution in [0.4, 0.5) is 0 Å². The van der Waals surface area contributed by atoms with Gasteiger partial charge in [0.1, 0.15) is 12.1 Å². The van der Waals surface area contributed by atoms with E-state index in [-0.39, 0.29) is 19.3 Å². The molecule has 0 aliphatic heterocycles. The van der Waals surface area contributed by atoms with Crippen LogP contribution in [-0.4, -0.2) is 82.0 Å². The normalized spacial score (nSPS) is 14.3. The van der Waals surface area contributed by atoms with Crippen LogP contribution in [0.2, 0.25) is 0 Å². The van der Waals surface area contributed by atoms with Crippen LogP contribution in [0.3, 0.4) is 0 Å². The van der Waals surface area contributed by atoms with Crippen molar-refractivity contribution < 1.29 is 34.1 Å². The fraction of sp³-hybridized carbons (Fsp3) is 0.480. The van der Waals surface area contributed by atoms with E-state index in [1.807, 2.05) is 24.3 Å². The zero-order chi connectivity index (χ0) is 27.5. The van der Waals surface area contributed by atoms with Crippen molar-refractivity contribution in [3.63, 3.8) is 0 Å². The molecule has 0 saturated heterocycles. The lowest BCUT2D eigenvalue weighted by Crippen LogP contribution is -2.57. The Bertz CT molecular complexity index is 1100. The molecule has 12 heteroatoms. The minimum atomic E-state index is -1.36. The summed E-state index contributed by atoms with van der Waals surface area (Å²) in [4.78, 5) is 53.4. The van der Waals surface area contributed by atoms with Crippen molar-refractivity contribution in [2.24, 2.45) is 0 Å². The fourth-order valence-corrected chi connectivity index (χ4v) is 3.70. The summed E-state index contributed by atoms with van der Waals surface area (Å²) in [6.07, 6.45) is 0.936. The van der Waals surface area contributed by atoms with Gasteiger partial charge in [-0.15, -0.1) is 0 Å². The van der Waals surface area contributed by atoms with Gasteiger partial charge in [-0.3, -0.25) is 14.4 Å². The lowest BCUT2D eigenvalue weighted by Gasteiger charge is -2.25. The third-order valence-corrected chi connectivity index (χ3v) is 5.50. The molecule has 1 heterocycles. The number of hydrogen-bond donors (Lipinski definition) is 7. The Morgan fingerprint density at radius 1 is 1.03 bits per heavy atom. The minimum absolute atomic E-state index is 0.0324. The van der Waals surface area contributed by atoms with Crippen LogP contribution in [0, 0.1) is 5.41 Å². The molecule has 0 aliphatic carbocycles. The summed E-state index contributed by atoms with van der Waals surface area (Å²) in [5.41, 5.74) is 1.64. The molecule has 4 atom stereocenters. The van der Waals surface area contributed by atoms with E-state index in [0.29, 0.717) is 0 Å². The van der Waals surface area contributed by atoms with E-state index < -0.39 is 60.6 Å². The van der Waals surface area contributed by atoms with E-state index in [1.165, 1.54) is 6.92 Å². The Hall–Kier alpha value is -3.77. The Labute approximate surface area is 214 Å². The molecule has 1 unspecified atom stereocenters. The minimum Gasteiger partial charge on any atom is -0.461 e. The number of esters is 1. The van der Waals surface area contributed by atoms with Crippen LogP contribution in [0.15, 0.2) is 30.5 Å². The molecule has 2 rings (SSSR count). The predicted octanol–water partition coefficient (Wildman–Crippen LogP) is -0.0807. The first-order valence-corrected chi connectivity index (χ1v) is 12.0. The third-order valence-electron chi connectivity index (χ3n) is 5.50. The van der Waals surface area contributed by atoms with Gasteiger partial charge in [0.05, 0.1) is 18.8 Å². The van der Waals surface area contributed by atoms with Crippen molar-refractivity contribution in [3.8, 4) is 0 Å². The Morgan fingerprint density at radius 2 is 1.68 bits per heavy atom. The molecule has 0 spiro atoms. The molecule has 2 aromatic rings. The van der Waals surface area contributed by atoms with Gasteiger partial charge >= 0.3 is 5.97 Å². The van der Waals surface area contributed by atoms with Crippen LogP contribution in [0.25, 0.3) is 10.9 Å². The molecule has 1 aromatic heterocycles. The van der Waals surface area contributed by atoms with Gasteiger partial charge in [0.25, 0.3) is 0 Å². The maximum atomic E-state index is 13.2. The number of fused-ring (bicyclic) bond motifs is 1. The summed E-state index contributed by atoms with van der Waals surface area (Å²) < 4.78 is 5.04. The molecule has 0 saturated carbocycles. The summed E-state index contributed by atoms with van der Waals surface area (Å²) >= 11 is 0. The van der Waals surface area contributed by atoms with Crippen LogP contribution in [0.1, 0.15) is 39.2 Å². The highest BCUT2D eigenvalue weighted by atomic mass is 16.5. The number of aliphatic hydroxyl groups is 2. The van der Waals surface area contributed by atoms with E-state index in [9.17, 15) is 29.4 Å². The molecule has 1 aromatic carbocycles. The van der Waals surface area contributed by atoms with Crippen LogP contribution >= 0.6 is 0 Å². The average molecular weight is 518 g/mol.